The third-order valence-corrected chi connectivity index (χ3v) is 5.44. The van der Waals surface area contributed by atoms with Crippen LogP contribution in [0.5, 0.6) is 0 Å². The molecular weight excluding hydrogens is 304 g/mol. The summed E-state index contributed by atoms with van der Waals surface area (Å²) < 4.78 is 31.3. The third-order valence-electron chi connectivity index (χ3n) is 4.00. The van der Waals surface area contributed by atoms with Gasteiger partial charge in [-0.1, -0.05) is 18.2 Å². The molecule has 1 aliphatic rings. The number of nitrogens with zero attached hydrogens (tertiary/aromatic N) is 1. The lowest BCUT2D eigenvalue weighted by molar-refractivity contribution is 0.0719. The van der Waals surface area contributed by atoms with E-state index in [2.05, 4.69) is 4.72 Å². The monoisotopic (exact) mass is 322 g/mol. The second-order valence-corrected chi connectivity index (χ2v) is 7.40. The van der Waals surface area contributed by atoms with E-state index in [9.17, 15) is 13.2 Å². The molecule has 1 N–H and O–H groups in total. The highest BCUT2D eigenvalue weighted by molar-refractivity contribution is 7.89. The molecule has 3 rings (SSSR count). The molecule has 22 heavy (non-hydrogen) atoms. The fourth-order valence-electron chi connectivity index (χ4n) is 2.84. The number of carbonyl (C=O) groups excluding carboxylic acids is 1. The number of benzene rings is 1. The number of furan rings is 1. The van der Waals surface area contributed by atoms with Crippen LogP contribution in [0.25, 0.3) is 11.0 Å². The van der Waals surface area contributed by atoms with E-state index in [0.717, 1.165) is 11.8 Å². The van der Waals surface area contributed by atoms with Crippen molar-refractivity contribution in [1.82, 2.24) is 9.62 Å². The first-order valence-electron chi connectivity index (χ1n) is 7.21. The van der Waals surface area contributed by atoms with E-state index in [-0.39, 0.29) is 23.5 Å². The molecule has 1 aromatic carbocycles. The Bertz CT molecular complexity index is 764. The maximum absolute atomic E-state index is 12.6. The van der Waals surface area contributed by atoms with Crippen LogP contribution in [0.4, 0.5) is 0 Å². The van der Waals surface area contributed by atoms with Crippen molar-refractivity contribution in [2.45, 2.75) is 18.9 Å². The number of rotatable bonds is 4. The van der Waals surface area contributed by atoms with Gasteiger partial charge in [-0.25, -0.2) is 13.1 Å². The first-order valence-corrected chi connectivity index (χ1v) is 8.86. The fourth-order valence-corrected chi connectivity index (χ4v) is 3.86. The molecule has 0 spiro atoms. The first-order chi connectivity index (χ1) is 10.5. The van der Waals surface area contributed by atoms with Gasteiger partial charge in [0.15, 0.2) is 5.76 Å². The maximum Gasteiger partial charge on any atom is 0.289 e. The van der Waals surface area contributed by atoms with E-state index >= 15 is 0 Å². The van der Waals surface area contributed by atoms with E-state index in [0.29, 0.717) is 18.5 Å². The van der Waals surface area contributed by atoms with E-state index in [1.165, 1.54) is 7.05 Å². The van der Waals surface area contributed by atoms with Gasteiger partial charge >= 0.3 is 0 Å². The summed E-state index contributed by atoms with van der Waals surface area (Å²) in [5, 5.41) is 0.865. The smallest absolute Gasteiger partial charge is 0.289 e. The Morgan fingerprint density at radius 2 is 2.18 bits per heavy atom. The van der Waals surface area contributed by atoms with Crippen LogP contribution in [0.3, 0.4) is 0 Å². The standard InChI is InChI=1S/C15H18N2O4S/c1-16-22(19,20)10-12-6-4-8-17(12)15(18)14-9-11-5-2-3-7-13(11)21-14/h2-3,5,7,9,12,16H,4,6,8,10H2,1H3/t12-/m1/s1. The second kappa shape index (κ2) is 5.73. The molecule has 2 aromatic rings. The quantitative estimate of drug-likeness (QED) is 0.927. The SMILES string of the molecule is CNS(=O)(=O)C[C@H]1CCCN1C(=O)c1cc2ccccc2o1. The van der Waals surface area contributed by atoms with Gasteiger partial charge < -0.3 is 9.32 Å². The Morgan fingerprint density at radius 3 is 2.91 bits per heavy atom. The minimum atomic E-state index is -3.35. The summed E-state index contributed by atoms with van der Waals surface area (Å²) in [5.41, 5.74) is 0.657. The van der Waals surface area contributed by atoms with E-state index in [1.54, 1.807) is 17.0 Å². The highest BCUT2D eigenvalue weighted by Crippen LogP contribution is 2.25. The van der Waals surface area contributed by atoms with Crippen LogP contribution in [0.15, 0.2) is 34.7 Å². The molecule has 0 bridgehead atoms. The van der Waals surface area contributed by atoms with Gasteiger partial charge in [-0.05, 0) is 32.0 Å². The van der Waals surface area contributed by atoms with Crippen molar-refractivity contribution in [3.05, 3.63) is 36.1 Å². The highest BCUT2D eigenvalue weighted by Gasteiger charge is 2.33. The van der Waals surface area contributed by atoms with Crippen molar-refractivity contribution in [1.29, 1.82) is 0 Å². The van der Waals surface area contributed by atoms with E-state index in [1.807, 2.05) is 18.2 Å². The Balaban J connectivity index is 1.84. The molecule has 1 atom stereocenters. The van der Waals surface area contributed by atoms with Gasteiger partial charge in [0.05, 0.1) is 5.75 Å². The summed E-state index contributed by atoms with van der Waals surface area (Å²) >= 11 is 0. The van der Waals surface area contributed by atoms with E-state index < -0.39 is 10.0 Å². The number of para-hydroxylation sites is 1. The molecule has 0 saturated carbocycles. The number of carbonyl (C=O) groups is 1. The topological polar surface area (TPSA) is 79.6 Å². The predicted molar refractivity (Wildman–Crippen MR) is 83.1 cm³/mol. The number of hydrogen-bond donors (Lipinski definition) is 1. The summed E-state index contributed by atoms with van der Waals surface area (Å²) in [4.78, 5) is 14.2. The minimum Gasteiger partial charge on any atom is -0.451 e. The fraction of sp³-hybridized carbons (Fsp3) is 0.400. The summed E-state index contributed by atoms with van der Waals surface area (Å²) in [6, 6.07) is 8.81. The molecule has 7 heteroatoms. The van der Waals surface area contributed by atoms with Crippen molar-refractivity contribution in [2.24, 2.45) is 0 Å². The maximum atomic E-state index is 12.6. The molecule has 0 aliphatic carbocycles. The summed E-state index contributed by atoms with van der Waals surface area (Å²) in [5.74, 6) is -0.0601. The van der Waals surface area contributed by atoms with Crippen LogP contribution in [-0.2, 0) is 10.0 Å². The van der Waals surface area contributed by atoms with Gasteiger partial charge in [-0.3, -0.25) is 4.79 Å². The normalized spacial score (nSPS) is 19.0. The summed E-state index contributed by atoms with van der Waals surface area (Å²) in [6.45, 7) is 0.555. The first kappa shape index (κ1) is 15.1. The molecule has 118 valence electrons. The average Bonchev–Trinajstić information content (AvgIpc) is 3.12. The van der Waals surface area contributed by atoms with Crippen LogP contribution in [-0.4, -0.2) is 44.6 Å². The molecular formula is C15H18N2O4S. The number of nitrogens with one attached hydrogen (secondary N) is 1. The number of hydrogen-bond acceptors (Lipinski definition) is 4. The van der Waals surface area contributed by atoms with Gasteiger partial charge in [0.2, 0.25) is 10.0 Å². The molecule has 0 radical (unpaired) electrons. The average molecular weight is 322 g/mol. The highest BCUT2D eigenvalue weighted by atomic mass is 32.2. The van der Waals surface area contributed by atoms with Gasteiger partial charge in [0.1, 0.15) is 5.58 Å². The zero-order valence-corrected chi connectivity index (χ0v) is 13.1. The Hall–Kier alpha value is -1.86. The Labute approximate surface area is 129 Å². The number of sulfonamides is 1. The van der Waals surface area contributed by atoms with Crippen molar-refractivity contribution in [3.8, 4) is 0 Å². The Morgan fingerprint density at radius 1 is 1.41 bits per heavy atom. The second-order valence-electron chi connectivity index (χ2n) is 5.43. The lowest BCUT2D eigenvalue weighted by Gasteiger charge is -2.23. The van der Waals surface area contributed by atoms with Crippen molar-refractivity contribution in [3.63, 3.8) is 0 Å². The summed E-state index contributed by atoms with van der Waals surface area (Å²) in [6.07, 6.45) is 1.49. The molecule has 0 unspecified atom stereocenters. The van der Waals surface area contributed by atoms with Gasteiger partial charge in [-0.2, -0.15) is 0 Å². The van der Waals surface area contributed by atoms with Gasteiger partial charge in [0.25, 0.3) is 5.91 Å². The molecule has 6 nitrogen and oxygen atoms in total. The molecule has 2 heterocycles. The van der Waals surface area contributed by atoms with Crippen LogP contribution in [0.2, 0.25) is 0 Å². The van der Waals surface area contributed by atoms with Crippen LogP contribution < -0.4 is 4.72 Å². The zero-order chi connectivity index (χ0) is 15.7. The lowest BCUT2D eigenvalue weighted by atomic mass is 10.2. The largest absolute Gasteiger partial charge is 0.451 e. The van der Waals surface area contributed by atoms with Crippen LogP contribution in [0, 0.1) is 0 Å². The van der Waals surface area contributed by atoms with E-state index in [4.69, 9.17) is 4.42 Å². The van der Waals surface area contributed by atoms with Crippen LogP contribution in [0.1, 0.15) is 23.4 Å². The molecule has 1 amide bonds. The number of fused-ring (bicyclic) bond motifs is 1. The lowest BCUT2D eigenvalue weighted by Crippen LogP contribution is -2.41. The summed E-state index contributed by atoms with van der Waals surface area (Å²) in [7, 11) is -1.97. The third kappa shape index (κ3) is 2.86. The Kier molecular flexibility index (Phi) is 3.92. The van der Waals surface area contributed by atoms with Gasteiger partial charge in [-0.15, -0.1) is 0 Å². The zero-order valence-electron chi connectivity index (χ0n) is 12.3. The molecule has 1 fully saturated rings. The number of amides is 1. The van der Waals surface area contributed by atoms with Gasteiger partial charge in [0, 0.05) is 18.0 Å². The predicted octanol–water partition coefficient (Wildman–Crippen LogP) is 1.59. The molecule has 1 aliphatic heterocycles. The molecule has 1 aromatic heterocycles. The van der Waals surface area contributed by atoms with Crippen molar-refractivity contribution < 1.29 is 17.6 Å². The van der Waals surface area contributed by atoms with Crippen molar-refractivity contribution >= 4 is 26.9 Å². The number of likely N-dealkylation sites (tertiary alicyclic amines) is 1. The van der Waals surface area contributed by atoms with Crippen LogP contribution >= 0.6 is 0 Å². The van der Waals surface area contributed by atoms with Crippen molar-refractivity contribution in [2.75, 3.05) is 19.3 Å². The molecule has 1 saturated heterocycles. The minimum absolute atomic E-state index is 0.0739.